The predicted molar refractivity (Wildman–Crippen MR) is 253 cm³/mol. The van der Waals surface area contributed by atoms with E-state index in [4.69, 9.17) is 4.98 Å². The molecule has 3 nitrogen and oxygen atoms in total. The summed E-state index contributed by atoms with van der Waals surface area (Å²) in [5, 5.41) is 5.98. The molecule has 0 bridgehead atoms. The molecule has 3 heteroatoms. The summed E-state index contributed by atoms with van der Waals surface area (Å²) in [5.41, 5.74) is 15.7. The molecule has 0 saturated heterocycles. The Balaban J connectivity index is 1.04. The van der Waals surface area contributed by atoms with Crippen molar-refractivity contribution in [2.45, 2.75) is 19.8 Å². The van der Waals surface area contributed by atoms with Crippen LogP contribution in [0.3, 0.4) is 0 Å². The van der Waals surface area contributed by atoms with Crippen molar-refractivity contribution in [2.24, 2.45) is 5.92 Å². The number of aromatic nitrogens is 2. The van der Waals surface area contributed by atoms with Crippen LogP contribution in [0.1, 0.15) is 40.8 Å². The van der Waals surface area contributed by atoms with Crippen molar-refractivity contribution in [1.29, 1.82) is 0 Å². The minimum atomic E-state index is 0.246. The van der Waals surface area contributed by atoms with E-state index in [1.54, 1.807) is 0 Å². The van der Waals surface area contributed by atoms with E-state index in [1.165, 1.54) is 60.5 Å². The molecule has 0 amide bonds. The molecule has 9 aromatic rings. The van der Waals surface area contributed by atoms with Crippen molar-refractivity contribution in [3.05, 3.63) is 246 Å². The summed E-state index contributed by atoms with van der Waals surface area (Å²) in [6.07, 6.45) is 13.4. The Hall–Kier alpha value is -7.49. The molecule has 0 spiro atoms. The zero-order valence-corrected chi connectivity index (χ0v) is 33.7. The van der Waals surface area contributed by atoms with E-state index in [9.17, 15) is 0 Å². The summed E-state index contributed by atoms with van der Waals surface area (Å²) in [7, 11) is 0. The summed E-state index contributed by atoms with van der Waals surface area (Å²) in [6.45, 7) is 4.52. The lowest BCUT2D eigenvalue weighted by atomic mass is 9.66. The van der Waals surface area contributed by atoms with Crippen LogP contribution in [0.5, 0.6) is 0 Å². The number of fused-ring (bicyclic) bond motifs is 5. The Labute approximate surface area is 351 Å². The van der Waals surface area contributed by atoms with Crippen LogP contribution in [0.15, 0.2) is 218 Å². The third-order valence-corrected chi connectivity index (χ3v) is 12.6. The molecule has 0 saturated carbocycles. The first-order valence-electron chi connectivity index (χ1n) is 20.9. The van der Waals surface area contributed by atoms with E-state index in [2.05, 4.69) is 230 Å². The maximum atomic E-state index is 5.02. The quantitative estimate of drug-likeness (QED) is 0.161. The monoisotopic (exact) mass is 769 g/mol. The maximum absolute atomic E-state index is 5.02. The second-order valence-electron chi connectivity index (χ2n) is 16.0. The Morgan fingerprint density at radius 2 is 1.25 bits per heavy atom. The van der Waals surface area contributed by atoms with Crippen molar-refractivity contribution < 1.29 is 0 Å². The van der Waals surface area contributed by atoms with Gasteiger partial charge in [-0.05, 0) is 113 Å². The molecule has 0 N–H and O–H groups in total. The fraction of sp³-hybridized carbons (Fsp3) is 0.0702. The molecule has 286 valence electrons. The Bertz CT molecular complexity index is 3140. The molecule has 2 unspecified atom stereocenters. The summed E-state index contributed by atoms with van der Waals surface area (Å²) in [6, 6.07) is 63.8. The second-order valence-corrected chi connectivity index (χ2v) is 16.0. The van der Waals surface area contributed by atoms with Crippen LogP contribution < -0.4 is 4.90 Å². The largest absolute Gasteiger partial charge is 0.309 e. The molecule has 7 aromatic carbocycles. The molecule has 11 rings (SSSR count). The van der Waals surface area contributed by atoms with E-state index >= 15 is 0 Å². The van der Waals surface area contributed by atoms with Crippen molar-refractivity contribution in [3.8, 4) is 5.69 Å². The van der Waals surface area contributed by atoms with Gasteiger partial charge in [0.2, 0.25) is 0 Å². The Kier molecular flexibility index (Phi) is 8.74. The van der Waals surface area contributed by atoms with Gasteiger partial charge in [0.15, 0.2) is 0 Å². The highest BCUT2D eigenvalue weighted by Gasteiger charge is 2.35. The maximum Gasteiger partial charge on any atom is 0.145 e. The summed E-state index contributed by atoms with van der Waals surface area (Å²) >= 11 is 0. The van der Waals surface area contributed by atoms with Gasteiger partial charge in [-0.15, -0.1) is 0 Å². The van der Waals surface area contributed by atoms with Crippen LogP contribution >= 0.6 is 0 Å². The predicted octanol–water partition coefficient (Wildman–Crippen LogP) is 14.9. The van der Waals surface area contributed by atoms with Gasteiger partial charge in [-0.2, -0.15) is 0 Å². The van der Waals surface area contributed by atoms with Crippen LogP contribution in [-0.2, 0) is 0 Å². The fourth-order valence-corrected chi connectivity index (χ4v) is 9.94. The molecular weight excluding hydrogens is 727 g/mol. The molecule has 2 aliphatic rings. The van der Waals surface area contributed by atoms with E-state index < -0.39 is 0 Å². The third kappa shape index (κ3) is 5.85. The first kappa shape index (κ1) is 35.7. The number of pyridine rings is 1. The standard InChI is InChI=1S/C57H43N3/c1-38(55-47-25-10-12-27-49(47)56(42-19-4-3-5-20-42)50-28-13-11-26-48(50)55)37-52-39(2)59(57-51(52)29-16-36-58-57)43-32-34-44(35-33-43)60(53-30-14-21-40-17-6-8-23-45(40)53)54-31-15-22-41-18-7-9-24-46(41)54/h3-37,49,56H,1-2H3/b38-37+. The molecule has 0 aliphatic heterocycles. The highest BCUT2D eigenvalue weighted by atomic mass is 15.1. The average molecular weight is 770 g/mol. The van der Waals surface area contributed by atoms with Crippen molar-refractivity contribution in [1.82, 2.24) is 9.55 Å². The first-order chi connectivity index (χ1) is 29.6. The SMILES string of the molecule is C/C(=C\c1c(C)n(-c2ccc(N(c3cccc4ccccc34)c3cccc4ccccc34)cc2)c2ncccc12)C1=C2C=CC=CC2C(c2ccccc2)c2ccccc21. The normalized spacial score (nSPS) is 16.1. The number of rotatable bonds is 7. The van der Waals surface area contributed by atoms with Gasteiger partial charge in [0.25, 0.3) is 0 Å². The van der Waals surface area contributed by atoms with Gasteiger partial charge < -0.3 is 4.90 Å². The van der Waals surface area contributed by atoms with Crippen LogP contribution in [-0.4, -0.2) is 9.55 Å². The van der Waals surface area contributed by atoms with E-state index in [1.807, 2.05) is 6.20 Å². The fourth-order valence-electron chi connectivity index (χ4n) is 9.94. The number of allylic oxidation sites excluding steroid dienone is 7. The lowest BCUT2D eigenvalue weighted by molar-refractivity contribution is 0.648. The van der Waals surface area contributed by atoms with E-state index in [0.29, 0.717) is 0 Å². The van der Waals surface area contributed by atoms with E-state index in [-0.39, 0.29) is 11.8 Å². The molecule has 0 fully saturated rings. The van der Waals surface area contributed by atoms with Crippen LogP contribution in [0.2, 0.25) is 0 Å². The number of anilines is 3. The number of hydrogen-bond acceptors (Lipinski definition) is 2. The van der Waals surface area contributed by atoms with Crippen molar-refractivity contribution in [2.75, 3.05) is 4.90 Å². The highest BCUT2D eigenvalue weighted by molar-refractivity contribution is 6.05. The average Bonchev–Trinajstić information content (AvgIpc) is 3.58. The summed E-state index contributed by atoms with van der Waals surface area (Å²) in [4.78, 5) is 7.42. The van der Waals surface area contributed by atoms with Crippen molar-refractivity contribution in [3.63, 3.8) is 0 Å². The molecular formula is C57H43N3. The number of hydrogen-bond donors (Lipinski definition) is 0. The molecule has 60 heavy (non-hydrogen) atoms. The van der Waals surface area contributed by atoms with Gasteiger partial charge in [0.05, 0.1) is 11.4 Å². The minimum Gasteiger partial charge on any atom is -0.309 e. The lowest BCUT2D eigenvalue weighted by Crippen LogP contribution is -2.22. The van der Waals surface area contributed by atoms with Gasteiger partial charge in [0, 0.05) is 56.8 Å². The summed E-state index contributed by atoms with van der Waals surface area (Å²) < 4.78 is 2.32. The van der Waals surface area contributed by atoms with E-state index in [0.717, 1.165) is 39.5 Å². The van der Waals surface area contributed by atoms with Crippen LogP contribution in [0.25, 0.3) is 49.9 Å². The number of benzene rings is 7. The van der Waals surface area contributed by atoms with Gasteiger partial charge in [-0.1, -0.05) is 152 Å². The molecule has 2 aromatic heterocycles. The lowest BCUT2D eigenvalue weighted by Gasteiger charge is -2.37. The second kappa shape index (κ2) is 14.7. The van der Waals surface area contributed by atoms with Gasteiger partial charge in [-0.25, -0.2) is 4.98 Å². The van der Waals surface area contributed by atoms with Crippen LogP contribution in [0.4, 0.5) is 17.1 Å². The highest BCUT2D eigenvalue weighted by Crippen LogP contribution is 2.51. The van der Waals surface area contributed by atoms with Crippen LogP contribution in [0, 0.1) is 12.8 Å². The van der Waals surface area contributed by atoms with Crippen molar-refractivity contribution >= 4 is 61.3 Å². The Morgan fingerprint density at radius 1 is 0.617 bits per heavy atom. The third-order valence-electron chi connectivity index (χ3n) is 12.6. The topological polar surface area (TPSA) is 21.1 Å². The zero-order chi connectivity index (χ0) is 40.2. The minimum absolute atomic E-state index is 0.246. The Morgan fingerprint density at radius 3 is 1.98 bits per heavy atom. The smallest absolute Gasteiger partial charge is 0.145 e. The van der Waals surface area contributed by atoms with Gasteiger partial charge in [0.1, 0.15) is 5.65 Å². The first-order valence-corrected chi connectivity index (χ1v) is 20.9. The summed E-state index contributed by atoms with van der Waals surface area (Å²) in [5.74, 6) is 0.499. The molecule has 2 atom stereocenters. The zero-order valence-electron chi connectivity index (χ0n) is 33.7. The molecule has 0 radical (unpaired) electrons. The molecule has 2 heterocycles. The number of nitrogens with zero attached hydrogens (tertiary/aromatic N) is 3. The molecule has 2 aliphatic carbocycles. The van der Waals surface area contributed by atoms with Gasteiger partial charge in [-0.3, -0.25) is 4.57 Å². The van der Waals surface area contributed by atoms with Gasteiger partial charge >= 0.3 is 0 Å².